The standard InChI is InChI=1S/C16H26N2O/c1-4-19-15-8-6-14(7-9-15)12-16(17-2)10-5-11-18(3)13-16/h6-9,17H,4-5,10-13H2,1-3H3. The van der Waals surface area contributed by atoms with Gasteiger partial charge in [0.25, 0.3) is 0 Å². The smallest absolute Gasteiger partial charge is 0.119 e. The molecule has 1 aromatic carbocycles. The molecule has 1 aliphatic heterocycles. The van der Waals surface area contributed by atoms with Gasteiger partial charge in [0, 0.05) is 12.1 Å². The highest BCUT2D eigenvalue weighted by atomic mass is 16.5. The van der Waals surface area contributed by atoms with Crippen molar-refractivity contribution in [1.29, 1.82) is 0 Å². The lowest BCUT2D eigenvalue weighted by atomic mass is 9.83. The van der Waals surface area contributed by atoms with Gasteiger partial charge in [-0.3, -0.25) is 0 Å². The number of hydrogen-bond acceptors (Lipinski definition) is 3. The van der Waals surface area contributed by atoms with E-state index in [1.54, 1.807) is 0 Å². The number of likely N-dealkylation sites (N-methyl/N-ethyl adjacent to an activating group) is 2. The Kier molecular flexibility index (Phi) is 4.83. The lowest BCUT2D eigenvalue weighted by Crippen LogP contribution is -2.56. The van der Waals surface area contributed by atoms with Crippen LogP contribution in [-0.4, -0.2) is 44.2 Å². The average Bonchev–Trinajstić information content (AvgIpc) is 2.41. The fraction of sp³-hybridized carbons (Fsp3) is 0.625. The van der Waals surface area contributed by atoms with Crippen LogP contribution >= 0.6 is 0 Å². The van der Waals surface area contributed by atoms with Gasteiger partial charge in [-0.05, 0) is 64.5 Å². The molecule has 0 aromatic heterocycles. The van der Waals surface area contributed by atoms with E-state index in [1.165, 1.54) is 24.9 Å². The van der Waals surface area contributed by atoms with Gasteiger partial charge in [-0.25, -0.2) is 0 Å². The second-order valence-electron chi connectivity index (χ2n) is 5.63. The van der Waals surface area contributed by atoms with Gasteiger partial charge in [-0.2, -0.15) is 0 Å². The zero-order valence-electron chi connectivity index (χ0n) is 12.4. The Balaban J connectivity index is 2.05. The van der Waals surface area contributed by atoms with E-state index in [-0.39, 0.29) is 5.54 Å². The van der Waals surface area contributed by atoms with Crippen molar-refractivity contribution in [3.8, 4) is 5.75 Å². The molecule has 1 aromatic rings. The fourth-order valence-corrected chi connectivity index (χ4v) is 3.06. The second-order valence-corrected chi connectivity index (χ2v) is 5.63. The molecule has 0 radical (unpaired) electrons. The molecule has 106 valence electrons. The van der Waals surface area contributed by atoms with E-state index >= 15 is 0 Å². The summed E-state index contributed by atoms with van der Waals surface area (Å²) in [7, 11) is 4.30. The van der Waals surface area contributed by atoms with Crippen molar-refractivity contribution in [2.24, 2.45) is 0 Å². The van der Waals surface area contributed by atoms with Gasteiger partial charge in [0.05, 0.1) is 6.61 Å². The van der Waals surface area contributed by atoms with Crippen LogP contribution in [0.5, 0.6) is 5.75 Å². The van der Waals surface area contributed by atoms with Crippen LogP contribution in [0.3, 0.4) is 0 Å². The molecule has 1 saturated heterocycles. The maximum Gasteiger partial charge on any atom is 0.119 e. The fourth-order valence-electron chi connectivity index (χ4n) is 3.06. The lowest BCUT2D eigenvalue weighted by molar-refractivity contribution is 0.151. The third-order valence-corrected chi connectivity index (χ3v) is 4.07. The van der Waals surface area contributed by atoms with Crippen LogP contribution in [0.15, 0.2) is 24.3 Å². The van der Waals surface area contributed by atoms with Gasteiger partial charge in [0.1, 0.15) is 5.75 Å². The van der Waals surface area contributed by atoms with E-state index in [0.29, 0.717) is 0 Å². The molecule has 3 heteroatoms. The topological polar surface area (TPSA) is 24.5 Å². The molecule has 1 atom stereocenters. The molecular formula is C16H26N2O. The van der Waals surface area contributed by atoms with Crippen LogP contribution in [-0.2, 0) is 6.42 Å². The highest BCUT2D eigenvalue weighted by Crippen LogP contribution is 2.25. The monoisotopic (exact) mass is 262 g/mol. The molecule has 0 aliphatic carbocycles. The Labute approximate surface area is 116 Å². The molecule has 0 spiro atoms. The van der Waals surface area contributed by atoms with Crippen LogP contribution < -0.4 is 10.1 Å². The highest BCUT2D eigenvalue weighted by Gasteiger charge is 2.32. The van der Waals surface area contributed by atoms with Crippen molar-refractivity contribution in [3.63, 3.8) is 0 Å². The van der Waals surface area contributed by atoms with E-state index in [2.05, 4.69) is 48.6 Å². The van der Waals surface area contributed by atoms with Crippen LogP contribution in [0.4, 0.5) is 0 Å². The summed E-state index contributed by atoms with van der Waals surface area (Å²) in [6.07, 6.45) is 3.61. The summed E-state index contributed by atoms with van der Waals surface area (Å²) in [6, 6.07) is 8.54. The van der Waals surface area contributed by atoms with E-state index in [4.69, 9.17) is 4.74 Å². The number of hydrogen-bond donors (Lipinski definition) is 1. The number of ether oxygens (including phenoxy) is 1. The number of nitrogens with one attached hydrogen (secondary N) is 1. The molecule has 0 bridgehead atoms. The van der Waals surface area contributed by atoms with Crippen LogP contribution in [0, 0.1) is 0 Å². The van der Waals surface area contributed by atoms with Gasteiger partial charge in [0.15, 0.2) is 0 Å². The quantitative estimate of drug-likeness (QED) is 0.881. The minimum atomic E-state index is 0.222. The second kappa shape index (κ2) is 6.40. The summed E-state index contributed by atoms with van der Waals surface area (Å²) in [6.45, 7) is 5.08. The summed E-state index contributed by atoms with van der Waals surface area (Å²) < 4.78 is 5.50. The Morgan fingerprint density at radius 2 is 2.05 bits per heavy atom. The van der Waals surface area contributed by atoms with E-state index in [1.807, 2.05) is 6.92 Å². The Morgan fingerprint density at radius 3 is 2.63 bits per heavy atom. The van der Waals surface area contributed by atoms with Crippen molar-refractivity contribution >= 4 is 0 Å². The average molecular weight is 262 g/mol. The first-order valence-electron chi connectivity index (χ1n) is 7.27. The van der Waals surface area contributed by atoms with Crippen LogP contribution in [0.2, 0.25) is 0 Å². The molecule has 19 heavy (non-hydrogen) atoms. The minimum absolute atomic E-state index is 0.222. The van der Waals surface area contributed by atoms with Gasteiger partial charge in [-0.15, -0.1) is 0 Å². The van der Waals surface area contributed by atoms with Gasteiger partial charge < -0.3 is 15.0 Å². The Bertz CT molecular complexity index is 390. The van der Waals surface area contributed by atoms with E-state index in [9.17, 15) is 0 Å². The summed E-state index contributed by atoms with van der Waals surface area (Å²) in [5.74, 6) is 0.963. The van der Waals surface area contributed by atoms with Gasteiger partial charge in [0.2, 0.25) is 0 Å². The molecule has 0 saturated carbocycles. The Hall–Kier alpha value is -1.06. The molecule has 0 amide bonds. The molecule has 1 heterocycles. The van der Waals surface area contributed by atoms with Gasteiger partial charge in [-0.1, -0.05) is 12.1 Å². The molecule has 2 rings (SSSR count). The van der Waals surface area contributed by atoms with Crippen molar-refractivity contribution < 1.29 is 4.74 Å². The molecule has 3 nitrogen and oxygen atoms in total. The summed E-state index contributed by atoms with van der Waals surface area (Å²) in [4.78, 5) is 2.43. The SMILES string of the molecule is CCOc1ccc(CC2(NC)CCCN(C)C2)cc1. The summed E-state index contributed by atoms with van der Waals surface area (Å²) in [5.41, 5.74) is 1.60. The first kappa shape index (κ1) is 14.4. The summed E-state index contributed by atoms with van der Waals surface area (Å²) >= 11 is 0. The van der Waals surface area contributed by atoms with Crippen LogP contribution in [0.1, 0.15) is 25.3 Å². The predicted octanol–water partition coefficient (Wildman–Crippen LogP) is 2.31. The number of likely N-dealkylation sites (tertiary alicyclic amines) is 1. The van der Waals surface area contributed by atoms with E-state index in [0.717, 1.165) is 25.3 Å². The van der Waals surface area contributed by atoms with Crippen molar-refractivity contribution in [1.82, 2.24) is 10.2 Å². The summed E-state index contributed by atoms with van der Waals surface area (Å²) in [5, 5.41) is 3.56. The highest BCUT2D eigenvalue weighted by molar-refractivity contribution is 5.28. The van der Waals surface area contributed by atoms with Crippen LogP contribution in [0.25, 0.3) is 0 Å². The third kappa shape index (κ3) is 3.71. The lowest BCUT2D eigenvalue weighted by Gasteiger charge is -2.41. The van der Waals surface area contributed by atoms with Crippen molar-refractivity contribution in [2.45, 2.75) is 31.7 Å². The molecule has 1 unspecified atom stereocenters. The molecule has 1 N–H and O–H groups in total. The maximum atomic E-state index is 5.50. The van der Waals surface area contributed by atoms with Crippen molar-refractivity contribution in [2.75, 3.05) is 33.8 Å². The first-order chi connectivity index (χ1) is 9.17. The Morgan fingerprint density at radius 1 is 1.32 bits per heavy atom. The first-order valence-corrected chi connectivity index (χ1v) is 7.27. The molecular weight excluding hydrogens is 236 g/mol. The number of rotatable bonds is 5. The maximum absolute atomic E-state index is 5.50. The minimum Gasteiger partial charge on any atom is -0.494 e. The van der Waals surface area contributed by atoms with Gasteiger partial charge >= 0.3 is 0 Å². The zero-order valence-corrected chi connectivity index (χ0v) is 12.4. The normalized spacial score (nSPS) is 24.4. The third-order valence-electron chi connectivity index (χ3n) is 4.07. The zero-order chi connectivity index (χ0) is 13.7. The number of nitrogens with zero attached hydrogens (tertiary/aromatic N) is 1. The number of benzene rings is 1. The predicted molar refractivity (Wildman–Crippen MR) is 79.8 cm³/mol. The molecule has 1 fully saturated rings. The largest absolute Gasteiger partial charge is 0.494 e. The molecule has 1 aliphatic rings. The van der Waals surface area contributed by atoms with Crippen molar-refractivity contribution in [3.05, 3.63) is 29.8 Å². The number of piperidine rings is 1. The van der Waals surface area contributed by atoms with E-state index < -0.39 is 0 Å².